The number of nitrogens with one attached hydrogen (secondary N) is 1. The van der Waals surface area contributed by atoms with Crippen LogP contribution in [-0.4, -0.2) is 31.7 Å². The van der Waals surface area contributed by atoms with Gasteiger partial charge in [-0.05, 0) is 35.0 Å². The summed E-state index contributed by atoms with van der Waals surface area (Å²) in [4.78, 5) is 10.4. The summed E-state index contributed by atoms with van der Waals surface area (Å²) in [6.07, 6.45) is 0. The van der Waals surface area contributed by atoms with Crippen LogP contribution in [-0.2, 0) is 6.54 Å². The molecule has 0 radical (unpaired) electrons. The van der Waals surface area contributed by atoms with E-state index in [1.165, 1.54) is 16.8 Å². The smallest absolute Gasteiger partial charge is 0.290 e. The van der Waals surface area contributed by atoms with Crippen molar-refractivity contribution in [2.45, 2.75) is 20.4 Å². The van der Waals surface area contributed by atoms with Gasteiger partial charge in [-0.15, -0.1) is 5.10 Å². The van der Waals surface area contributed by atoms with Crippen LogP contribution in [0.1, 0.15) is 19.7 Å². The van der Waals surface area contributed by atoms with Crippen LogP contribution in [0, 0.1) is 16.0 Å². The zero-order valence-electron chi connectivity index (χ0n) is 11.7. The Bertz CT molecular complexity index is 642. The van der Waals surface area contributed by atoms with Gasteiger partial charge in [0.15, 0.2) is 5.82 Å². The largest absolute Gasteiger partial charge is 0.310 e. The molecule has 0 amide bonds. The van der Waals surface area contributed by atoms with Gasteiger partial charge in [0.05, 0.1) is 17.2 Å². The molecule has 0 unspecified atom stereocenters. The molecule has 2 aromatic rings. The molecule has 0 spiro atoms. The monoisotopic (exact) mass is 310 g/mol. The van der Waals surface area contributed by atoms with Gasteiger partial charge in [0, 0.05) is 6.07 Å². The van der Waals surface area contributed by atoms with Crippen LogP contribution in [0.2, 0.25) is 5.02 Å². The Morgan fingerprint density at radius 3 is 2.90 bits per heavy atom. The van der Waals surface area contributed by atoms with Crippen molar-refractivity contribution in [3.05, 3.63) is 39.2 Å². The molecule has 21 heavy (non-hydrogen) atoms. The van der Waals surface area contributed by atoms with Crippen molar-refractivity contribution < 1.29 is 4.92 Å². The lowest BCUT2D eigenvalue weighted by molar-refractivity contribution is -0.384. The standard InChI is InChI=1S/C12H15ClN6O2/c1-8(2)6-14-7-12-15-16-17-18(12)9-3-4-10(13)11(5-9)19(20)21/h3-5,8,14H,6-7H2,1-2H3. The predicted octanol–water partition coefficient (Wildman–Crippen LogP) is 1.97. The van der Waals surface area contributed by atoms with Crippen molar-refractivity contribution in [3.63, 3.8) is 0 Å². The van der Waals surface area contributed by atoms with E-state index in [2.05, 4.69) is 34.7 Å². The average Bonchev–Trinajstić information content (AvgIpc) is 2.87. The number of aromatic nitrogens is 4. The summed E-state index contributed by atoms with van der Waals surface area (Å²) in [6, 6.07) is 4.45. The maximum atomic E-state index is 10.9. The summed E-state index contributed by atoms with van der Waals surface area (Å²) in [7, 11) is 0. The first-order chi connectivity index (χ1) is 9.99. The minimum atomic E-state index is -0.535. The number of hydrogen-bond acceptors (Lipinski definition) is 6. The lowest BCUT2D eigenvalue weighted by Crippen LogP contribution is -2.21. The summed E-state index contributed by atoms with van der Waals surface area (Å²) in [5.41, 5.74) is 0.322. The quantitative estimate of drug-likeness (QED) is 0.647. The molecule has 1 aromatic carbocycles. The molecule has 9 heteroatoms. The zero-order chi connectivity index (χ0) is 15.4. The number of nitro benzene ring substituents is 1. The number of halogens is 1. The molecule has 0 bridgehead atoms. The Hall–Kier alpha value is -2.06. The second-order valence-corrected chi connectivity index (χ2v) is 5.33. The lowest BCUT2D eigenvalue weighted by Gasteiger charge is -2.08. The van der Waals surface area contributed by atoms with Crippen LogP contribution in [0.5, 0.6) is 0 Å². The molecule has 2 rings (SSSR count). The Morgan fingerprint density at radius 1 is 1.48 bits per heavy atom. The van der Waals surface area contributed by atoms with E-state index in [0.29, 0.717) is 24.0 Å². The van der Waals surface area contributed by atoms with Crippen molar-refractivity contribution >= 4 is 17.3 Å². The highest BCUT2D eigenvalue weighted by Gasteiger charge is 2.16. The maximum absolute atomic E-state index is 10.9. The minimum absolute atomic E-state index is 0.0799. The van der Waals surface area contributed by atoms with Crippen LogP contribution in [0.15, 0.2) is 18.2 Å². The van der Waals surface area contributed by atoms with Gasteiger partial charge in [-0.25, -0.2) is 0 Å². The number of nitrogens with zero attached hydrogens (tertiary/aromatic N) is 5. The van der Waals surface area contributed by atoms with Gasteiger partial charge in [-0.3, -0.25) is 10.1 Å². The van der Waals surface area contributed by atoms with E-state index in [9.17, 15) is 10.1 Å². The number of hydrogen-bond donors (Lipinski definition) is 1. The first-order valence-corrected chi connectivity index (χ1v) is 6.79. The molecule has 0 aliphatic rings. The van der Waals surface area contributed by atoms with Crippen LogP contribution >= 0.6 is 11.6 Å². The predicted molar refractivity (Wildman–Crippen MR) is 77.4 cm³/mol. The molecular weight excluding hydrogens is 296 g/mol. The molecule has 0 fully saturated rings. The van der Waals surface area contributed by atoms with Gasteiger partial charge in [0.1, 0.15) is 5.02 Å². The molecule has 0 atom stereocenters. The Labute approximate surface area is 126 Å². The number of benzene rings is 1. The summed E-state index contributed by atoms with van der Waals surface area (Å²) >= 11 is 5.80. The van der Waals surface area contributed by atoms with Gasteiger partial charge >= 0.3 is 0 Å². The summed E-state index contributed by atoms with van der Waals surface area (Å²) in [5.74, 6) is 1.08. The summed E-state index contributed by atoms with van der Waals surface area (Å²) in [6.45, 7) is 5.49. The van der Waals surface area contributed by atoms with Crippen molar-refractivity contribution in [1.82, 2.24) is 25.5 Å². The van der Waals surface area contributed by atoms with Crippen molar-refractivity contribution in [2.24, 2.45) is 5.92 Å². The molecule has 0 saturated heterocycles. The molecule has 0 aliphatic heterocycles. The highest BCUT2D eigenvalue weighted by atomic mass is 35.5. The fraction of sp³-hybridized carbons (Fsp3) is 0.417. The highest BCUT2D eigenvalue weighted by Crippen LogP contribution is 2.26. The minimum Gasteiger partial charge on any atom is -0.310 e. The lowest BCUT2D eigenvalue weighted by atomic mass is 10.2. The number of rotatable bonds is 6. The SMILES string of the molecule is CC(C)CNCc1nnnn1-c1ccc(Cl)c([N+](=O)[O-])c1. The van der Waals surface area contributed by atoms with Gasteiger partial charge in [0.2, 0.25) is 0 Å². The third-order valence-corrected chi connectivity index (χ3v) is 3.06. The molecular formula is C12H15ClN6O2. The highest BCUT2D eigenvalue weighted by molar-refractivity contribution is 6.32. The summed E-state index contributed by atoms with van der Waals surface area (Å²) < 4.78 is 1.46. The first kappa shape index (κ1) is 15.3. The average molecular weight is 311 g/mol. The topological polar surface area (TPSA) is 98.8 Å². The Kier molecular flexibility index (Phi) is 4.81. The van der Waals surface area contributed by atoms with E-state index >= 15 is 0 Å². The molecule has 8 nitrogen and oxygen atoms in total. The van der Waals surface area contributed by atoms with Gasteiger partial charge in [-0.1, -0.05) is 25.4 Å². The molecule has 1 aromatic heterocycles. The van der Waals surface area contributed by atoms with Crippen molar-refractivity contribution in [2.75, 3.05) is 6.54 Å². The van der Waals surface area contributed by atoms with Crippen LogP contribution < -0.4 is 5.32 Å². The normalized spacial score (nSPS) is 11.0. The van der Waals surface area contributed by atoms with Gasteiger partial charge in [-0.2, -0.15) is 4.68 Å². The fourth-order valence-electron chi connectivity index (χ4n) is 1.76. The van der Waals surface area contributed by atoms with Gasteiger partial charge in [0.25, 0.3) is 5.69 Å². The van der Waals surface area contributed by atoms with Gasteiger partial charge < -0.3 is 5.32 Å². The number of tetrazole rings is 1. The second kappa shape index (κ2) is 6.59. The molecule has 1 N–H and O–H groups in total. The van der Waals surface area contributed by atoms with Crippen LogP contribution in [0.4, 0.5) is 5.69 Å². The molecule has 112 valence electrons. The Morgan fingerprint density at radius 2 is 2.24 bits per heavy atom. The number of nitro groups is 1. The third kappa shape index (κ3) is 3.73. The van der Waals surface area contributed by atoms with Crippen LogP contribution in [0.3, 0.4) is 0 Å². The zero-order valence-corrected chi connectivity index (χ0v) is 12.4. The molecule has 1 heterocycles. The van der Waals surface area contributed by atoms with E-state index in [4.69, 9.17) is 11.6 Å². The maximum Gasteiger partial charge on any atom is 0.290 e. The second-order valence-electron chi connectivity index (χ2n) is 4.92. The Balaban J connectivity index is 2.25. The fourth-order valence-corrected chi connectivity index (χ4v) is 1.95. The first-order valence-electron chi connectivity index (χ1n) is 6.41. The van der Waals surface area contributed by atoms with Crippen molar-refractivity contribution in [3.8, 4) is 5.69 Å². The molecule has 0 saturated carbocycles. The molecule has 0 aliphatic carbocycles. The van der Waals surface area contributed by atoms with Crippen LogP contribution in [0.25, 0.3) is 5.69 Å². The van der Waals surface area contributed by atoms with Crippen molar-refractivity contribution in [1.29, 1.82) is 0 Å². The van der Waals surface area contributed by atoms with E-state index in [1.54, 1.807) is 6.07 Å². The van der Waals surface area contributed by atoms with E-state index < -0.39 is 4.92 Å². The van der Waals surface area contributed by atoms with E-state index in [1.807, 2.05) is 0 Å². The summed E-state index contributed by atoms with van der Waals surface area (Å²) in [5, 5.41) is 25.6. The van der Waals surface area contributed by atoms with E-state index in [-0.39, 0.29) is 10.7 Å². The third-order valence-electron chi connectivity index (χ3n) is 2.74. The van der Waals surface area contributed by atoms with E-state index in [0.717, 1.165) is 6.54 Å².